The van der Waals surface area contributed by atoms with E-state index in [1.54, 1.807) is 0 Å². The van der Waals surface area contributed by atoms with Gasteiger partial charge in [-0.05, 0) is 11.0 Å². The number of nitro groups is 1. The quantitative estimate of drug-likeness (QED) is 0.600. The number of halogens is 2. The molecule has 0 aliphatic rings. The van der Waals surface area contributed by atoms with Crippen LogP contribution in [-0.2, 0) is 0 Å². The monoisotopic (exact) mass is 246 g/mol. The highest BCUT2D eigenvalue weighted by Gasteiger charge is 2.22. The molecule has 78 valence electrons. The SMILES string of the molecule is O=[N+]([O-])c1[nH]c2cc(Cl)cc(Cl)c2c1O. The largest absolute Gasteiger partial charge is 0.501 e. The lowest BCUT2D eigenvalue weighted by Gasteiger charge is -1.93. The third kappa shape index (κ3) is 1.49. The van der Waals surface area contributed by atoms with E-state index in [1.165, 1.54) is 12.1 Å². The smallest absolute Gasteiger partial charge is 0.364 e. The van der Waals surface area contributed by atoms with Crippen LogP contribution in [0.2, 0.25) is 10.0 Å². The summed E-state index contributed by atoms with van der Waals surface area (Å²) in [6.07, 6.45) is 0. The molecule has 0 bridgehead atoms. The number of H-pyrrole nitrogens is 1. The van der Waals surface area contributed by atoms with Crippen LogP contribution in [0.4, 0.5) is 5.82 Å². The number of nitrogens with one attached hydrogen (secondary N) is 1. The number of nitrogens with zero attached hydrogens (tertiary/aromatic N) is 1. The van der Waals surface area contributed by atoms with Gasteiger partial charge in [0.15, 0.2) is 0 Å². The first kappa shape index (κ1) is 10.1. The van der Waals surface area contributed by atoms with Crippen LogP contribution < -0.4 is 0 Å². The maximum Gasteiger partial charge on any atom is 0.364 e. The zero-order valence-corrected chi connectivity index (χ0v) is 8.63. The fourth-order valence-electron chi connectivity index (χ4n) is 1.35. The van der Waals surface area contributed by atoms with Crippen LogP contribution in [0.1, 0.15) is 0 Å². The third-order valence-electron chi connectivity index (χ3n) is 1.95. The van der Waals surface area contributed by atoms with E-state index >= 15 is 0 Å². The molecule has 1 aromatic carbocycles. The van der Waals surface area contributed by atoms with Crippen LogP contribution in [0.25, 0.3) is 10.9 Å². The lowest BCUT2D eigenvalue weighted by Crippen LogP contribution is -1.86. The van der Waals surface area contributed by atoms with Gasteiger partial charge in [-0.3, -0.25) is 0 Å². The van der Waals surface area contributed by atoms with E-state index in [1.807, 2.05) is 0 Å². The Morgan fingerprint density at radius 1 is 1.40 bits per heavy atom. The van der Waals surface area contributed by atoms with E-state index < -0.39 is 16.5 Å². The van der Waals surface area contributed by atoms with Gasteiger partial charge in [-0.15, -0.1) is 0 Å². The molecule has 2 rings (SSSR count). The van der Waals surface area contributed by atoms with Crippen molar-refractivity contribution in [2.24, 2.45) is 0 Å². The molecular weight excluding hydrogens is 243 g/mol. The molecule has 0 saturated carbocycles. The van der Waals surface area contributed by atoms with Crippen molar-refractivity contribution in [2.75, 3.05) is 0 Å². The number of rotatable bonds is 1. The minimum Gasteiger partial charge on any atom is -0.501 e. The summed E-state index contributed by atoms with van der Waals surface area (Å²) in [5, 5.41) is 20.8. The Balaban J connectivity index is 2.88. The van der Waals surface area contributed by atoms with Gasteiger partial charge < -0.3 is 15.2 Å². The molecule has 2 aromatic rings. The predicted octanol–water partition coefficient (Wildman–Crippen LogP) is 3.09. The van der Waals surface area contributed by atoms with Crippen LogP contribution >= 0.6 is 23.2 Å². The van der Waals surface area contributed by atoms with Gasteiger partial charge >= 0.3 is 5.82 Å². The van der Waals surface area contributed by atoms with E-state index in [9.17, 15) is 15.2 Å². The molecule has 0 spiro atoms. The normalized spacial score (nSPS) is 10.8. The molecule has 2 N–H and O–H groups in total. The predicted molar refractivity (Wildman–Crippen MR) is 56.6 cm³/mol. The van der Waals surface area contributed by atoms with Crippen LogP contribution in [0.5, 0.6) is 5.75 Å². The van der Waals surface area contributed by atoms with Crippen molar-refractivity contribution in [2.45, 2.75) is 0 Å². The average molecular weight is 247 g/mol. The van der Waals surface area contributed by atoms with Crippen LogP contribution in [0, 0.1) is 10.1 Å². The topological polar surface area (TPSA) is 79.2 Å². The zero-order valence-electron chi connectivity index (χ0n) is 7.12. The second kappa shape index (κ2) is 3.29. The number of aromatic hydroxyl groups is 1. The molecule has 7 heteroatoms. The molecule has 1 aromatic heterocycles. The summed E-state index contributed by atoms with van der Waals surface area (Å²) in [6.45, 7) is 0. The highest BCUT2D eigenvalue weighted by atomic mass is 35.5. The van der Waals surface area contributed by atoms with E-state index in [4.69, 9.17) is 23.2 Å². The van der Waals surface area contributed by atoms with Crippen LogP contribution in [0.15, 0.2) is 12.1 Å². The first-order valence-electron chi connectivity index (χ1n) is 3.85. The summed E-state index contributed by atoms with van der Waals surface area (Å²) in [5.74, 6) is -0.967. The number of hydrogen-bond acceptors (Lipinski definition) is 3. The molecule has 0 radical (unpaired) electrons. The molecule has 0 aliphatic carbocycles. The minimum atomic E-state index is -0.723. The molecular formula is C8H4Cl2N2O3. The van der Waals surface area contributed by atoms with Crippen molar-refractivity contribution in [3.63, 3.8) is 0 Å². The second-order valence-corrected chi connectivity index (χ2v) is 3.73. The van der Waals surface area contributed by atoms with Gasteiger partial charge in [0.25, 0.3) is 0 Å². The molecule has 0 saturated heterocycles. The molecule has 0 atom stereocenters. The summed E-state index contributed by atoms with van der Waals surface area (Å²) >= 11 is 11.5. The number of benzene rings is 1. The van der Waals surface area contributed by atoms with Crippen LogP contribution in [-0.4, -0.2) is 15.0 Å². The molecule has 0 fully saturated rings. The van der Waals surface area contributed by atoms with Gasteiger partial charge in [-0.2, -0.15) is 0 Å². The Kier molecular flexibility index (Phi) is 2.21. The van der Waals surface area contributed by atoms with Crippen molar-refractivity contribution in [3.8, 4) is 5.75 Å². The first-order chi connectivity index (χ1) is 7.00. The first-order valence-corrected chi connectivity index (χ1v) is 4.60. The third-order valence-corrected chi connectivity index (χ3v) is 2.47. The summed E-state index contributed by atoms with van der Waals surface area (Å²) in [4.78, 5) is 12.2. The van der Waals surface area contributed by atoms with Gasteiger partial charge in [0.1, 0.15) is 5.52 Å². The van der Waals surface area contributed by atoms with Gasteiger partial charge in [-0.25, -0.2) is 4.98 Å². The molecule has 1 heterocycles. The fourth-order valence-corrected chi connectivity index (χ4v) is 1.93. The fraction of sp³-hybridized carbons (Fsp3) is 0. The molecule has 0 aliphatic heterocycles. The Morgan fingerprint density at radius 2 is 2.07 bits per heavy atom. The molecule has 0 unspecified atom stereocenters. The van der Waals surface area contributed by atoms with Crippen molar-refractivity contribution in [1.82, 2.24) is 4.98 Å². The average Bonchev–Trinajstić information content (AvgIpc) is 2.42. The Morgan fingerprint density at radius 3 is 2.67 bits per heavy atom. The standard InChI is InChI=1S/C8H4Cl2N2O3/c9-3-1-4(10)6-5(2-3)11-8(7(6)13)12(14)15/h1-2,11,13H. The van der Waals surface area contributed by atoms with Gasteiger partial charge in [0.2, 0.25) is 5.75 Å². The van der Waals surface area contributed by atoms with Gasteiger partial charge in [0.05, 0.1) is 10.4 Å². The van der Waals surface area contributed by atoms with Crippen molar-refractivity contribution < 1.29 is 10.0 Å². The summed E-state index contributed by atoms with van der Waals surface area (Å²) in [5.41, 5.74) is 0.330. The second-order valence-electron chi connectivity index (χ2n) is 2.89. The van der Waals surface area contributed by atoms with E-state index in [0.717, 1.165) is 0 Å². The van der Waals surface area contributed by atoms with Crippen molar-refractivity contribution in [3.05, 3.63) is 32.3 Å². The Labute approximate surface area is 93.4 Å². The summed E-state index contributed by atoms with van der Waals surface area (Å²) in [7, 11) is 0. The molecule has 5 nitrogen and oxygen atoms in total. The van der Waals surface area contributed by atoms with Gasteiger partial charge in [0, 0.05) is 11.1 Å². The minimum absolute atomic E-state index is 0.166. The Hall–Kier alpha value is -1.46. The highest BCUT2D eigenvalue weighted by molar-refractivity contribution is 6.39. The van der Waals surface area contributed by atoms with E-state index in [0.29, 0.717) is 10.5 Å². The lowest BCUT2D eigenvalue weighted by molar-refractivity contribution is -0.389. The van der Waals surface area contributed by atoms with Crippen molar-refractivity contribution in [1.29, 1.82) is 0 Å². The Bertz CT molecular complexity index is 565. The maximum absolute atomic E-state index is 10.5. The number of aromatic nitrogens is 1. The summed E-state index contributed by atoms with van der Waals surface area (Å²) < 4.78 is 0. The number of hydrogen-bond donors (Lipinski definition) is 2. The summed E-state index contributed by atoms with van der Waals surface area (Å²) in [6, 6.07) is 2.86. The zero-order chi connectivity index (χ0) is 11.2. The van der Waals surface area contributed by atoms with Crippen LogP contribution in [0.3, 0.4) is 0 Å². The molecule has 15 heavy (non-hydrogen) atoms. The molecule has 0 amide bonds. The lowest BCUT2D eigenvalue weighted by atomic mass is 10.2. The van der Waals surface area contributed by atoms with Gasteiger partial charge in [-0.1, -0.05) is 23.2 Å². The highest BCUT2D eigenvalue weighted by Crippen LogP contribution is 2.39. The van der Waals surface area contributed by atoms with E-state index in [2.05, 4.69) is 4.98 Å². The van der Waals surface area contributed by atoms with E-state index in [-0.39, 0.29) is 10.4 Å². The number of fused-ring (bicyclic) bond motifs is 1. The number of aromatic amines is 1. The van der Waals surface area contributed by atoms with Crippen molar-refractivity contribution >= 4 is 39.9 Å². The maximum atomic E-state index is 10.5.